The Morgan fingerprint density at radius 2 is 1.77 bits per heavy atom. The van der Waals surface area contributed by atoms with Crippen molar-refractivity contribution in [3.63, 3.8) is 0 Å². The van der Waals surface area contributed by atoms with Gasteiger partial charge in [0.2, 0.25) is 5.91 Å². The number of anilines is 1. The summed E-state index contributed by atoms with van der Waals surface area (Å²) in [5.41, 5.74) is 1.75. The number of hydrogen-bond donors (Lipinski definition) is 1. The molecule has 0 bridgehead atoms. The van der Waals surface area contributed by atoms with Crippen molar-refractivity contribution in [2.45, 2.75) is 19.9 Å². The van der Waals surface area contributed by atoms with Crippen LogP contribution in [0.5, 0.6) is 0 Å². The molecule has 0 aliphatic carbocycles. The van der Waals surface area contributed by atoms with Crippen molar-refractivity contribution in [1.29, 1.82) is 0 Å². The third kappa shape index (κ3) is 4.21. The Hall–Kier alpha value is -2.38. The van der Waals surface area contributed by atoms with Crippen LogP contribution < -0.4 is 10.9 Å². The number of halogens is 3. The number of thiophene rings is 1. The Morgan fingerprint density at radius 1 is 1.10 bits per heavy atom. The molecular weight excluding hydrogens is 477 g/mol. The summed E-state index contributed by atoms with van der Waals surface area (Å²) < 4.78 is 1.32. The van der Waals surface area contributed by atoms with Crippen molar-refractivity contribution in [2.75, 3.05) is 5.32 Å². The van der Waals surface area contributed by atoms with Crippen LogP contribution in [0.2, 0.25) is 15.1 Å². The van der Waals surface area contributed by atoms with Gasteiger partial charge >= 0.3 is 0 Å². The summed E-state index contributed by atoms with van der Waals surface area (Å²) in [6.07, 6.45) is 1.40. The number of fused-ring (bicyclic) bond motifs is 1. The highest BCUT2D eigenvalue weighted by molar-refractivity contribution is 7.19. The molecule has 1 amide bonds. The van der Waals surface area contributed by atoms with Crippen LogP contribution in [0.25, 0.3) is 21.3 Å². The van der Waals surface area contributed by atoms with E-state index in [0.29, 0.717) is 31.0 Å². The predicted molar refractivity (Wildman–Crippen MR) is 129 cm³/mol. The largest absolute Gasteiger partial charge is 0.323 e. The Kier molecular flexibility index (Phi) is 6.08. The summed E-state index contributed by atoms with van der Waals surface area (Å²) in [5.74, 6) is -0.410. The van der Waals surface area contributed by atoms with E-state index < -0.39 is 11.9 Å². The molecule has 1 N–H and O–H groups in total. The molecule has 2 aromatic carbocycles. The number of hydrogen-bond acceptors (Lipinski definition) is 4. The van der Waals surface area contributed by atoms with Crippen LogP contribution in [0.3, 0.4) is 0 Å². The van der Waals surface area contributed by atoms with Gasteiger partial charge in [-0.2, -0.15) is 0 Å². The molecular formula is C22H16Cl3N3O2S. The standard InChI is InChI=1S/C22H16Cl3N3O2S/c1-11(20(29)27-17-9-15(24)7-8-16(17)25)28-10-26-21-19(22(28)30)18(12(2)31-21)13-3-5-14(23)6-4-13/h3-11H,1-2H3,(H,27,29). The quantitative estimate of drug-likeness (QED) is 0.349. The van der Waals surface area contributed by atoms with E-state index in [1.54, 1.807) is 37.3 Å². The number of aromatic nitrogens is 2. The maximum Gasteiger partial charge on any atom is 0.263 e. The topological polar surface area (TPSA) is 64.0 Å². The van der Waals surface area contributed by atoms with Gasteiger partial charge in [-0.1, -0.05) is 46.9 Å². The van der Waals surface area contributed by atoms with Crippen molar-refractivity contribution < 1.29 is 4.79 Å². The van der Waals surface area contributed by atoms with Gasteiger partial charge in [-0.05, 0) is 49.7 Å². The molecule has 158 valence electrons. The van der Waals surface area contributed by atoms with Crippen molar-refractivity contribution in [2.24, 2.45) is 0 Å². The first-order chi connectivity index (χ1) is 14.8. The van der Waals surface area contributed by atoms with Crippen LogP contribution in [0, 0.1) is 6.92 Å². The Balaban J connectivity index is 1.76. The summed E-state index contributed by atoms with van der Waals surface area (Å²) in [6, 6.07) is 11.2. The number of carbonyl (C=O) groups is 1. The smallest absolute Gasteiger partial charge is 0.263 e. The zero-order valence-electron chi connectivity index (χ0n) is 16.4. The zero-order chi connectivity index (χ0) is 22.3. The van der Waals surface area contributed by atoms with Gasteiger partial charge in [-0.3, -0.25) is 14.2 Å². The highest BCUT2D eigenvalue weighted by Crippen LogP contribution is 2.36. The molecule has 2 aromatic heterocycles. The Bertz CT molecular complexity index is 1360. The summed E-state index contributed by atoms with van der Waals surface area (Å²) in [4.78, 5) is 32.3. The third-order valence-electron chi connectivity index (χ3n) is 4.93. The molecule has 0 fully saturated rings. The Labute approximate surface area is 197 Å². The van der Waals surface area contributed by atoms with Crippen molar-refractivity contribution in [1.82, 2.24) is 9.55 Å². The lowest BCUT2D eigenvalue weighted by Gasteiger charge is -2.16. The molecule has 1 unspecified atom stereocenters. The van der Waals surface area contributed by atoms with E-state index in [2.05, 4.69) is 10.3 Å². The van der Waals surface area contributed by atoms with E-state index in [9.17, 15) is 9.59 Å². The van der Waals surface area contributed by atoms with Crippen molar-refractivity contribution in [3.05, 3.63) is 79.1 Å². The third-order valence-corrected chi connectivity index (χ3v) is 6.76. The van der Waals surface area contributed by atoms with E-state index in [-0.39, 0.29) is 5.56 Å². The first kappa shape index (κ1) is 21.8. The van der Waals surface area contributed by atoms with Crippen molar-refractivity contribution >= 4 is 68.0 Å². The van der Waals surface area contributed by atoms with E-state index in [1.807, 2.05) is 19.1 Å². The lowest BCUT2D eigenvalue weighted by Crippen LogP contribution is -2.31. The van der Waals surface area contributed by atoms with Gasteiger partial charge in [0.05, 0.1) is 22.4 Å². The van der Waals surface area contributed by atoms with E-state index in [1.165, 1.54) is 22.2 Å². The molecule has 1 atom stereocenters. The normalized spacial score (nSPS) is 12.2. The molecule has 4 rings (SSSR count). The molecule has 0 saturated heterocycles. The van der Waals surface area contributed by atoms with Gasteiger partial charge in [-0.15, -0.1) is 11.3 Å². The number of carbonyl (C=O) groups excluding carboxylic acids is 1. The number of amides is 1. The second-order valence-electron chi connectivity index (χ2n) is 6.97. The number of benzene rings is 2. The van der Waals surface area contributed by atoms with Crippen LogP contribution in [0.1, 0.15) is 17.8 Å². The molecule has 0 aliphatic heterocycles. The predicted octanol–water partition coefficient (Wildman–Crippen LogP) is 6.59. The highest BCUT2D eigenvalue weighted by atomic mass is 35.5. The maximum absolute atomic E-state index is 13.4. The van der Waals surface area contributed by atoms with E-state index in [0.717, 1.165) is 16.0 Å². The average Bonchev–Trinajstić information content (AvgIpc) is 3.08. The van der Waals surface area contributed by atoms with E-state index in [4.69, 9.17) is 34.8 Å². The molecule has 0 aliphatic rings. The Morgan fingerprint density at radius 3 is 2.48 bits per heavy atom. The number of nitrogens with one attached hydrogen (secondary N) is 1. The fourth-order valence-electron chi connectivity index (χ4n) is 3.31. The summed E-state index contributed by atoms with van der Waals surface area (Å²) >= 11 is 19.6. The van der Waals surface area contributed by atoms with Crippen molar-refractivity contribution in [3.8, 4) is 11.1 Å². The lowest BCUT2D eigenvalue weighted by atomic mass is 10.0. The van der Waals surface area contributed by atoms with Gasteiger partial charge < -0.3 is 5.32 Å². The molecule has 0 spiro atoms. The van der Waals surface area contributed by atoms with Crippen LogP contribution >= 0.6 is 46.1 Å². The maximum atomic E-state index is 13.4. The van der Waals surface area contributed by atoms with Crippen LogP contribution in [0.15, 0.2) is 53.6 Å². The minimum atomic E-state index is -0.822. The number of rotatable bonds is 4. The van der Waals surface area contributed by atoms with Crippen LogP contribution in [0.4, 0.5) is 5.69 Å². The van der Waals surface area contributed by atoms with Gasteiger partial charge in [0.25, 0.3) is 5.56 Å². The summed E-state index contributed by atoms with van der Waals surface area (Å²) in [6.45, 7) is 3.57. The number of nitrogens with zero attached hydrogens (tertiary/aromatic N) is 2. The summed E-state index contributed by atoms with van der Waals surface area (Å²) in [7, 11) is 0. The molecule has 9 heteroatoms. The molecule has 31 heavy (non-hydrogen) atoms. The zero-order valence-corrected chi connectivity index (χ0v) is 19.5. The fraction of sp³-hybridized carbons (Fsp3) is 0.136. The van der Waals surface area contributed by atoms with Gasteiger partial charge in [0.15, 0.2) is 0 Å². The lowest BCUT2D eigenvalue weighted by molar-refractivity contribution is -0.118. The monoisotopic (exact) mass is 491 g/mol. The van der Waals surface area contributed by atoms with E-state index >= 15 is 0 Å². The molecule has 0 saturated carbocycles. The second kappa shape index (κ2) is 8.63. The SMILES string of the molecule is Cc1sc2ncn(C(C)C(=O)Nc3cc(Cl)ccc3Cl)c(=O)c2c1-c1ccc(Cl)cc1. The van der Waals surface area contributed by atoms with Gasteiger partial charge in [0.1, 0.15) is 10.9 Å². The number of aryl methyl sites for hydroxylation is 1. The minimum absolute atomic E-state index is 0.292. The van der Waals surface area contributed by atoms with Crippen LogP contribution in [-0.2, 0) is 4.79 Å². The average molecular weight is 493 g/mol. The highest BCUT2D eigenvalue weighted by Gasteiger charge is 2.22. The van der Waals surface area contributed by atoms with Crippen LogP contribution in [-0.4, -0.2) is 15.5 Å². The molecule has 5 nitrogen and oxygen atoms in total. The minimum Gasteiger partial charge on any atom is -0.323 e. The first-order valence-corrected chi connectivity index (χ1v) is 11.2. The van der Waals surface area contributed by atoms with Gasteiger partial charge in [0, 0.05) is 20.5 Å². The fourth-order valence-corrected chi connectivity index (χ4v) is 4.78. The summed E-state index contributed by atoms with van der Waals surface area (Å²) in [5, 5.41) is 4.61. The molecule has 0 radical (unpaired) electrons. The molecule has 2 heterocycles. The first-order valence-electron chi connectivity index (χ1n) is 9.28. The molecule has 4 aromatic rings. The second-order valence-corrected chi connectivity index (χ2v) is 9.45. The van der Waals surface area contributed by atoms with Gasteiger partial charge in [-0.25, -0.2) is 4.98 Å².